The van der Waals surface area contributed by atoms with Crippen LogP contribution in [0.15, 0.2) is 51.8 Å². The molecule has 1 fully saturated rings. The maximum atomic E-state index is 12.9. The van der Waals surface area contributed by atoms with E-state index in [1.165, 1.54) is 12.0 Å². The molecule has 0 bridgehead atoms. The van der Waals surface area contributed by atoms with Gasteiger partial charge in [-0.2, -0.15) is 0 Å². The van der Waals surface area contributed by atoms with Gasteiger partial charge in [0.05, 0.1) is 4.90 Å². The Morgan fingerprint density at radius 1 is 1.10 bits per heavy atom. The fourth-order valence-electron chi connectivity index (χ4n) is 4.69. The summed E-state index contributed by atoms with van der Waals surface area (Å²) in [4.78, 5) is 15.1. The Hall–Kier alpha value is -1.70. The van der Waals surface area contributed by atoms with E-state index in [1.807, 2.05) is 29.2 Å². The van der Waals surface area contributed by atoms with Gasteiger partial charge in [0.15, 0.2) is 0 Å². The quantitative estimate of drug-likeness (QED) is 0.603. The maximum Gasteiger partial charge on any atom is 0.240 e. The third-order valence-corrected chi connectivity index (χ3v) is 8.34. The number of nitrogens with zero attached hydrogens (tertiary/aromatic N) is 1. The topological polar surface area (TPSA) is 66.5 Å². The van der Waals surface area contributed by atoms with Crippen molar-refractivity contribution >= 4 is 37.5 Å². The zero-order valence-electron chi connectivity index (χ0n) is 17.8. The van der Waals surface area contributed by atoms with Gasteiger partial charge < -0.3 is 4.90 Å². The number of amides is 1. The average molecular weight is 505 g/mol. The van der Waals surface area contributed by atoms with Gasteiger partial charge in [0.25, 0.3) is 0 Å². The van der Waals surface area contributed by atoms with Crippen molar-refractivity contribution < 1.29 is 13.2 Å². The number of aryl methyl sites for hydroxylation is 1. The molecule has 1 heterocycles. The molecular weight excluding hydrogens is 476 g/mol. The lowest BCUT2D eigenvalue weighted by Crippen LogP contribution is -2.36. The highest BCUT2D eigenvalue weighted by Gasteiger charge is 2.30. The summed E-state index contributed by atoms with van der Waals surface area (Å²) < 4.78 is 29.2. The molecule has 2 aromatic rings. The zero-order chi connectivity index (χ0) is 22.0. The van der Waals surface area contributed by atoms with Gasteiger partial charge in [-0.15, -0.1) is 0 Å². The molecule has 1 amide bonds. The second-order valence-electron chi connectivity index (χ2n) is 8.69. The largest absolute Gasteiger partial charge is 0.309 e. The molecule has 1 aliphatic heterocycles. The van der Waals surface area contributed by atoms with Gasteiger partial charge in [0.1, 0.15) is 0 Å². The Kier molecular flexibility index (Phi) is 6.84. The molecule has 7 heteroatoms. The zero-order valence-corrected chi connectivity index (χ0v) is 20.2. The van der Waals surface area contributed by atoms with Crippen LogP contribution in [0, 0.1) is 0 Å². The lowest BCUT2D eigenvalue weighted by atomic mass is 9.96. The van der Waals surface area contributed by atoms with Gasteiger partial charge in [-0.1, -0.05) is 47.3 Å². The molecule has 1 aliphatic carbocycles. The van der Waals surface area contributed by atoms with E-state index in [1.54, 1.807) is 12.1 Å². The molecule has 1 N–H and O–H groups in total. The van der Waals surface area contributed by atoms with Crippen molar-refractivity contribution in [2.24, 2.45) is 0 Å². The van der Waals surface area contributed by atoms with Crippen molar-refractivity contribution in [1.29, 1.82) is 0 Å². The average Bonchev–Trinajstić information content (AvgIpc) is 3.07. The number of nitrogens with one attached hydrogen (secondary N) is 1. The highest BCUT2D eigenvalue weighted by molar-refractivity contribution is 9.10. The van der Waals surface area contributed by atoms with E-state index < -0.39 is 10.0 Å². The highest BCUT2D eigenvalue weighted by atomic mass is 79.9. The van der Waals surface area contributed by atoms with E-state index in [-0.39, 0.29) is 18.0 Å². The molecule has 0 unspecified atom stereocenters. The molecule has 0 radical (unpaired) electrons. The van der Waals surface area contributed by atoms with Crippen LogP contribution in [-0.2, 0) is 27.7 Å². The third kappa shape index (κ3) is 5.21. The number of rotatable bonds is 6. The van der Waals surface area contributed by atoms with E-state index >= 15 is 0 Å². The minimum Gasteiger partial charge on any atom is -0.309 e. The summed E-state index contributed by atoms with van der Waals surface area (Å²) in [6.45, 7) is 2.07. The predicted molar refractivity (Wildman–Crippen MR) is 127 cm³/mol. The Morgan fingerprint density at radius 2 is 1.81 bits per heavy atom. The Morgan fingerprint density at radius 3 is 2.52 bits per heavy atom. The summed E-state index contributed by atoms with van der Waals surface area (Å²) in [5.74, 6) is 0.101. The molecule has 31 heavy (non-hydrogen) atoms. The molecule has 2 aliphatic rings. The van der Waals surface area contributed by atoms with Crippen molar-refractivity contribution in [2.45, 2.75) is 75.3 Å². The van der Waals surface area contributed by atoms with E-state index in [0.29, 0.717) is 17.7 Å². The number of sulfonamides is 1. The lowest BCUT2D eigenvalue weighted by molar-refractivity contribution is -0.118. The first-order valence-electron chi connectivity index (χ1n) is 11.1. The second-order valence-corrected chi connectivity index (χ2v) is 11.3. The van der Waals surface area contributed by atoms with E-state index in [9.17, 15) is 13.2 Å². The van der Waals surface area contributed by atoms with Crippen LogP contribution in [0.5, 0.6) is 0 Å². The van der Waals surface area contributed by atoms with Gasteiger partial charge in [-0.25, -0.2) is 13.1 Å². The number of benzene rings is 2. The molecule has 2 aromatic carbocycles. The monoisotopic (exact) mass is 504 g/mol. The van der Waals surface area contributed by atoms with Crippen LogP contribution in [-0.4, -0.2) is 26.4 Å². The SMILES string of the molecule is C[C@@H]1Cc2cc(Br)ccc2N1C(=O)CCc1ccc(S(=O)(=O)NC2CCCCC2)cc1. The molecule has 1 saturated carbocycles. The number of hydrogen-bond acceptors (Lipinski definition) is 3. The molecule has 166 valence electrons. The summed E-state index contributed by atoms with van der Waals surface area (Å²) in [6.07, 6.45) is 7.01. The number of halogens is 1. The molecule has 0 saturated heterocycles. The van der Waals surface area contributed by atoms with Crippen LogP contribution in [0.25, 0.3) is 0 Å². The first kappa shape index (κ1) is 22.5. The number of carbonyl (C=O) groups excluding carboxylic acids is 1. The Bertz CT molecular complexity index is 1050. The Balaban J connectivity index is 1.37. The van der Waals surface area contributed by atoms with Gasteiger partial charge >= 0.3 is 0 Å². The summed E-state index contributed by atoms with van der Waals surface area (Å²) in [5, 5.41) is 0. The molecule has 1 atom stereocenters. The van der Waals surface area contributed by atoms with Gasteiger partial charge in [0, 0.05) is 28.7 Å². The summed E-state index contributed by atoms with van der Waals surface area (Å²) in [5.41, 5.74) is 3.15. The van der Waals surface area contributed by atoms with E-state index in [0.717, 1.165) is 47.8 Å². The number of anilines is 1. The summed E-state index contributed by atoms with van der Waals surface area (Å²) in [6, 6.07) is 13.2. The first-order chi connectivity index (χ1) is 14.8. The first-order valence-corrected chi connectivity index (χ1v) is 13.3. The van der Waals surface area contributed by atoms with Crippen LogP contribution in [0.1, 0.15) is 56.6 Å². The van der Waals surface area contributed by atoms with Crippen LogP contribution < -0.4 is 9.62 Å². The predicted octanol–water partition coefficient (Wildman–Crippen LogP) is 4.97. The smallest absolute Gasteiger partial charge is 0.240 e. The normalized spacial score (nSPS) is 19.4. The van der Waals surface area contributed by atoms with Gasteiger partial charge in [0.2, 0.25) is 15.9 Å². The second kappa shape index (κ2) is 9.43. The van der Waals surface area contributed by atoms with E-state index in [4.69, 9.17) is 0 Å². The highest BCUT2D eigenvalue weighted by Crippen LogP contribution is 2.34. The maximum absolute atomic E-state index is 12.9. The molecule has 0 aromatic heterocycles. The minimum atomic E-state index is -3.49. The van der Waals surface area contributed by atoms with Gasteiger partial charge in [-0.05, 0) is 74.1 Å². The van der Waals surface area contributed by atoms with Crippen molar-refractivity contribution in [1.82, 2.24) is 4.72 Å². The molecule has 4 rings (SSSR count). The van der Waals surface area contributed by atoms with Crippen LogP contribution in [0.4, 0.5) is 5.69 Å². The fraction of sp³-hybridized carbons (Fsp3) is 0.458. The number of carbonyl (C=O) groups is 1. The number of fused-ring (bicyclic) bond motifs is 1. The fourth-order valence-corrected chi connectivity index (χ4v) is 6.41. The van der Waals surface area contributed by atoms with Gasteiger partial charge in [-0.3, -0.25) is 4.79 Å². The van der Waals surface area contributed by atoms with Crippen LogP contribution in [0.3, 0.4) is 0 Å². The number of hydrogen-bond donors (Lipinski definition) is 1. The van der Waals surface area contributed by atoms with E-state index in [2.05, 4.69) is 33.6 Å². The molecule has 5 nitrogen and oxygen atoms in total. The standard InChI is InChI=1S/C24H29BrN2O3S/c1-17-15-19-16-20(25)10-13-23(19)27(17)24(28)14-9-18-7-11-22(12-8-18)31(29,30)26-21-5-3-2-4-6-21/h7-8,10-13,16-17,21,26H,2-6,9,14-15H2,1H3/t17-/m1/s1. The summed E-state index contributed by atoms with van der Waals surface area (Å²) >= 11 is 3.50. The van der Waals surface area contributed by atoms with Crippen LogP contribution >= 0.6 is 15.9 Å². The Labute approximate surface area is 193 Å². The minimum absolute atomic E-state index is 0.0435. The van der Waals surface area contributed by atoms with Crippen molar-refractivity contribution in [3.05, 3.63) is 58.1 Å². The van der Waals surface area contributed by atoms with Crippen molar-refractivity contribution in [3.63, 3.8) is 0 Å². The molecule has 0 spiro atoms. The van der Waals surface area contributed by atoms with Crippen LogP contribution in [0.2, 0.25) is 0 Å². The van der Waals surface area contributed by atoms with Crippen molar-refractivity contribution in [3.8, 4) is 0 Å². The molecular formula is C24H29BrN2O3S. The van der Waals surface area contributed by atoms with Crippen molar-refractivity contribution in [2.75, 3.05) is 4.90 Å². The summed E-state index contributed by atoms with van der Waals surface area (Å²) in [7, 11) is -3.49. The third-order valence-electron chi connectivity index (χ3n) is 6.31. The lowest BCUT2D eigenvalue weighted by Gasteiger charge is -2.23.